The van der Waals surface area contributed by atoms with Gasteiger partial charge >= 0.3 is 8.56 Å². The first-order valence-electron chi connectivity index (χ1n) is 5.85. The van der Waals surface area contributed by atoms with Crippen LogP contribution < -0.4 is 11.1 Å². The molecule has 0 aliphatic rings. The highest BCUT2D eigenvalue weighted by molar-refractivity contribution is 6.67. The van der Waals surface area contributed by atoms with Crippen LogP contribution in [-0.2, 0) is 8.85 Å². The summed E-state index contributed by atoms with van der Waals surface area (Å²) in [5.41, 5.74) is 5.81. The molecule has 0 heterocycles. The lowest BCUT2D eigenvalue weighted by Gasteiger charge is -2.34. The largest absolute Gasteiger partial charge is 0.394 e. The van der Waals surface area contributed by atoms with Gasteiger partial charge in [0.15, 0.2) is 0 Å². The van der Waals surface area contributed by atoms with Gasteiger partial charge in [-0.1, -0.05) is 6.92 Å². The van der Waals surface area contributed by atoms with E-state index in [4.69, 9.17) is 14.6 Å². The van der Waals surface area contributed by atoms with E-state index in [1.54, 1.807) is 0 Å². The van der Waals surface area contributed by atoms with Crippen LogP contribution >= 0.6 is 0 Å². The van der Waals surface area contributed by atoms with E-state index in [2.05, 4.69) is 18.8 Å². The molecule has 0 fully saturated rings. The van der Waals surface area contributed by atoms with E-state index in [0.717, 1.165) is 13.0 Å². The molecule has 0 saturated heterocycles. The third-order valence-corrected chi connectivity index (χ3v) is 6.04. The summed E-state index contributed by atoms with van der Waals surface area (Å²) in [6.07, 6.45) is 1.02. The van der Waals surface area contributed by atoms with Crippen molar-refractivity contribution in [2.45, 2.75) is 39.4 Å². The third-order valence-electron chi connectivity index (χ3n) is 2.44. The van der Waals surface area contributed by atoms with Crippen molar-refractivity contribution in [2.75, 3.05) is 26.3 Å². The van der Waals surface area contributed by atoms with Crippen molar-refractivity contribution in [3.8, 4) is 0 Å². The highest BCUT2D eigenvalue weighted by atomic mass is 28.4. The molecule has 92 valence electrons. The van der Waals surface area contributed by atoms with Gasteiger partial charge in [-0.15, -0.1) is 0 Å². The third kappa shape index (κ3) is 5.08. The van der Waals surface area contributed by atoms with Crippen molar-refractivity contribution < 1.29 is 8.85 Å². The van der Waals surface area contributed by atoms with Crippen LogP contribution in [0, 0.1) is 0 Å². The molecule has 0 amide bonds. The second kappa shape index (κ2) is 8.24. The Bertz CT molecular complexity index is 152. The Hall–Kier alpha value is 0.0569. The fourth-order valence-corrected chi connectivity index (χ4v) is 4.66. The molecular weight excluding hydrogens is 208 g/mol. The maximum atomic E-state index is 5.83. The van der Waals surface area contributed by atoms with Crippen molar-refractivity contribution in [2.24, 2.45) is 5.73 Å². The molecule has 0 aliphatic heterocycles. The number of hydrogen-bond donors (Lipinski definition) is 2. The van der Waals surface area contributed by atoms with Gasteiger partial charge in [-0.3, -0.25) is 0 Å². The highest BCUT2D eigenvalue weighted by Crippen LogP contribution is 2.15. The predicted octanol–water partition coefficient (Wildman–Crippen LogP) is 0.998. The minimum Gasteiger partial charge on any atom is -0.394 e. The molecule has 4 nitrogen and oxygen atoms in total. The molecule has 0 aromatic rings. The van der Waals surface area contributed by atoms with Crippen LogP contribution in [0.3, 0.4) is 0 Å². The van der Waals surface area contributed by atoms with E-state index in [1.165, 1.54) is 0 Å². The summed E-state index contributed by atoms with van der Waals surface area (Å²) in [6, 6.07) is 0. The monoisotopic (exact) mass is 234 g/mol. The molecule has 15 heavy (non-hydrogen) atoms. The van der Waals surface area contributed by atoms with Crippen molar-refractivity contribution in [1.29, 1.82) is 0 Å². The van der Waals surface area contributed by atoms with Gasteiger partial charge in [-0.2, -0.15) is 0 Å². The quantitative estimate of drug-likeness (QED) is 0.584. The van der Waals surface area contributed by atoms with Gasteiger partial charge in [-0.05, 0) is 26.8 Å². The first-order valence-corrected chi connectivity index (χ1v) is 8.25. The topological polar surface area (TPSA) is 56.5 Å². The summed E-state index contributed by atoms with van der Waals surface area (Å²) < 4.78 is 11.7. The summed E-state index contributed by atoms with van der Waals surface area (Å²) >= 11 is 0. The fraction of sp³-hybridized carbons (Fsp3) is 1.00. The van der Waals surface area contributed by atoms with E-state index in [0.29, 0.717) is 25.4 Å². The minimum atomic E-state index is -2.08. The van der Waals surface area contributed by atoms with Crippen molar-refractivity contribution in [1.82, 2.24) is 5.32 Å². The molecule has 1 unspecified atom stereocenters. The van der Waals surface area contributed by atoms with Gasteiger partial charge in [0.25, 0.3) is 0 Å². The molecule has 1 atom stereocenters. The summed E-state index contributed by atoms with van der Waals surface area (Å²) in [4.78, 5) is 0. The second-order valence-electron chi connectivity index (χ2n) is 3.59. The maximum absolute atomic E-state index is 5.83. The Kier molecular flexibility index (Phi) is 8.27. The molecule has 3 N–H and O–H groups in total. The van der Waals surface area contributed by atoms with Crippen LogP contribution in [0.2, 0.25) is 6.55 Å². The number of nitrogens with two attached hydrogens (primary N) is 1. The second-order valence-corrected chi connectivity index (χ2v) is 6.89. The average Bonchev–Trinajstić information content (AvgIpc) is 2.19. The molecule has 0 aromatic carbocycles. The van der Waals surface area contributed by atoms with Gasteiger partial charge < -0.3 is 19.9 Å². The van der Waals surface area contributed by atoms with Gasteiger partial charge in [-0.25, -0.2) is 0 Å². The molecule has 0 bridgehead atoms. The zero-order valence-electron chi connectivity index (χ0n) is 10.5. The highest BCUT2D eigenvalue weighted by Gasteiger charge is 2.39. The zero-order chi connectivity index (χ0) is 11.7. The lowest BCUT2D eigenvalue weighted by atomic mass is 10.4. The summed E-state index contributed by atoms with van der Waals surface area (Å²) in [5, 5.41) is 3.42. The Morgan fingerprint density at radius 1 is 1.20 bits per heavy atom. The Morgan fingerprint density at radius 2 is 1.73 bits per heavy atom. The summed E-state index contributed by atoms with van der Waals surface area (Å²) in [6.45, 7) is 11.2. The Labute approximate surface area is 94.8 Å². The van der Waals surface area contributed by atoms with Gasteiger partial charge in [0.2, 0.25) is 0 Å². The first-order chi connectivity index (χ1) is 7.14. The van der Waals surface area contributed by atoms with E-state index in [-0.39, 0.29) is 0 Å². The van der Waals surface area contributed by atoms with Crippen molar-refractivity contribution in [3.05, 3.63) is 0 Å². The molecule has 0 aromatic heterocycles. The molecule has 0 radical (unpaired) electrons. The molecule has 0 saturated carbocycles. The Balaban J connectivity index is 4.37. The normalized spacial score (nSPS) is 14.2. The lowest BCUT2D eigenvalue weighted by molar-refractivity contribution is 0.173. The molecule has 0 spiro atoms. The molecule has 0 aliphatic carbocycles. The van der Waals surface area contributed by atoms with Gasteiger partial charge in [0, 0.05) is 26.3 Å². The van der Waals surface area contributed by atoms with E-state index in [1.807, 2.05) is 13.8 Å². The van der Waals surface area contributed by atoms with Crippen LogP contribution in [0.4, 0.5) is 0 Å². The Morgan fingerprint density at radius 3 is 2.07 bits per heavy atom. The number of nitrogens with one attached hydrogen (secondary N) is 1. The molecular formula is C10H26N2O2Si. The summed E-state index contributed by atoms with van der Waals surface area (Å²) in [7, 11) is -2.08. The number of rotatable bonds is 9. The van der Waals surface area contributed by atoms with Gasteiger partial charge in [0.1, 0.15) is 0 Å². The summed E-state index contributed by atoms with van der Waals surface area (Å²) in [5.74, 6) is 0. The van der Waals surface area contributed by atoms with Gasteiger partial charge in [0.05, 0.1) is 5.67 Å². The fourth-order valence-electron chi connectivity index (χ4n) is 1.77. The standard InChI is InChI=1S/C10H26N2O2Si/c1-5-10(12-9-8-11)15(4,13-6-2)14-7-3/h10,12H,5-9,11H2,1-4H3. The first kappa shape index (κ1) is 15.1. The lowest BCUT2D eigenvalue weighted by Crippen LogP contribution is -2.58. The van der Waals surface area contributed by atoms with Crippen molar-refractivity contribution >= 4 is 8.56 Å². The average molecular weight is 234 g/mol. The SMILES string of the molecule is CCO[Si](C)(OCC)C(CC)NCCN. The number of hydrogen-bond acceptors (Lipinski definition) is 4. The predicted molar refractivity (Wildman–Crippen MR) is 66.0 cm³/mol. The van der Waals surface area contributed by atoms with Crippen LogP contribution in [-0.4, -0.2) is 40.5 Å². The minimum absolute atomic E-state index is 0.320. The van der Waals surface area contributed by atoms with Crippen LogP contribution in [0.5, 0.6) is 0 Å². The van der Waals surface area contributed by atoms with E-state index < -0.39 is 8.56 Å². The van der Waals surface area contributed by atoms with E-state index in [9.17, 15) is 0 Å². The maximum Gasteiger partial charge on any atom is 0.352 e. The van der Waals surface area contributed by atoms with E-state index >= 15 is 0 Å². The van der Waals surface area contributed by atoms with Crippen LogP contribution in [0.1, 0.15) is 27.2 Å². The van der Waals surface area contributed by atoms with Crippen molar-refractivity contribution in [3.63, 3.8) is 0 Å². The van der Waals surface area contributed by atoms with Crippen LogP contribution in [0.25, 0.3) is 0 Å². The molecule has 5 heteroatoms. The zero-order valence-corrected chi connectivity index (χ0v) is 11.5. The smallest absolute Gasteiger partial charge is 0.352 e. The van der Waals surface area contributed by atoms with Crippen LogP contribution in [0.15, 0.2) is 0 Å². The molecule has 0 rings (SSSR count).